The molecular formula is C20H20FN3O3. The van der Waals surface area contributed by atoms with E-state index in [2.05, 4.69) is 4.98 Å². The number of rotatable bonds is 6. The van der Waals surface area contributed by atoms with Crippen molar-refractivity contribution in [3.05, 3.63) is 70.5 Å². The molecule has 3 aromatic rings. The molecule has 0 aliphatic carbocycles. The second-order valence-electron chi connectivity index (χ2n) is 6.23. The highest BCUT2D eigenvalue weighted by Crippen LogP contribution is 2.18. The molecule has 1 heterocycles. The second-order valence-corrected chi connectivity index (χ2v) is 6.23. The van der Waals surface area contributed by atoms with E-state index in [1.54, 1.807) is 31.3 Å². The first-order valence-electron chi connectivity index (χ1n) is 8.50. The zero-order valence-electron chi connectivity index (χ0n) is 15.2. The third-order valence-electron chi connectivity index (χ3n) is 4.36. The number of carbonyl (C=O) groups excluding carboxylic acids is 1. The van der Waals surface area contributed by atoms with Gasteiger partial charge in [-0.25, -0.2) is 9.37 Å². The van der Waals surface area contributed by atoms with Crippen LogP contribution in [0.15, 0.2) is 53.6 Å². The van der Waals surface area contributed by atoms with E-state index in [0.717, 1.165) is 0 Å². The zero-order chi connectivity index (χ0) is 19.4. The summed E-state index contributed by atoms with van der Waals surface area (Å²) in [6.45, 7) is 0.501. The molecule has 0 fully saturated rings. The average Bonchev–Trinajstić information content (AvgIpc) is 2.67. The van der Waals surface area contributed by atoms with Gasteiger partial charge >= 0.3 is 0 Å². The van der Waals surface area contributed by atoms with Gasteiger partial charge in [0.2, 0.25) is 5.91 Å². The quantitative estimate of drug-likeness (QED) is 0.670. The van der Waals surface area contributed by atoms with Gasteiger partial charge in [-0.3, -0.25) is 14.2 Å². The highest BCUT2D eigenvalue weighted by molar-refractivity contribution is 5.77. The van der Waals surface area contributed by atoms with Crippen LogP contribution in [-0.2, 0) is 17.9 Å². The lowest BCUT2D eigenvalue weighted by atomic mass is 10.2. The van der Waals surface area contributed by atoms with Crippen molar-refractivity contribution in [3.8, 4) is 5.75 Å². The van der Waals surface area contributed by atoms with Gasteiger partial charge in [0.25, 0.3) is 5.56 Å². The molecule has 27 heavy (non-hydrogen) atoms. The predicted molar refractivity (Wildman–Crippen MR) is 100 cm³/mol. The minimum Gasteiger partial charge on any atom is -0.494 e. The number of aryl methyl sites for hydroxylation is 1. The second kappa shape index (κ2) is 7.99. The van der Waals surface area contributed by atoms with Gasteiger partial charge < -0.3 is 9.64 Å². The van der Waals surface area contributed by atoms with Crippen LogP contribution < -0.4 is 10.3 Å². The number of para-hydroxylation sites is 1. The van der Waals surface area contributed by atoms with E-state index in [0.29, 0.717) is 16.5 Å². The molecule has 0 radical (unpaired) electrons. The number of hydrogen-bond acceptors (Lipinski definition) is 4. The van der Waals surface area contributed by atoms with E-state index in [-0.39, 0.29) is 36.7 Å². The molecule has 140 valence electrons. The monoisotopic (exact) mass is 369 g/mol. The highest BCUT2D eigenvalue weighted by atomic mass is 19.1. The summed E-state index contributed by atoms with van der Waals surface area (Å²) >= 11 is 0. The van der Waals surface area contributed by atoms with E-state index in [9.17, 15) is 14.0 Å². The molecule has 7 heteroatoms. The van der Waals surface area contributed by atoms with E-state index in [1.165, 1.54) is 35.0 Å². The van der Waals surface area contributed by atoms with Crippen LogP contribution in [0.4, 0.5) is 4.39 Å². The molecule has 6 nitrogen and oxygen atoms in total. The van der Waals surface area contributed by atoms with E-state index in [4.69, 9.17) is 4.74 Å². The van der Waals surface area contributed by atoms with E-state index >= 15 is 0 Å². The molecule has 2 aromatic carbocycles. The van der Waals surface area contributed by atoms with Crippen LogP contribution in [0.1, 0.15) is 12.0 Å². The van der Waals surface area contributed by atoms with Gasteiger partial charge in [0.15, 0.2) is 11.6 Å². The first-order valence-corrected chi connectivity index (χ1v) is 8.50. The summed E-state index contributed by atoms with van der Waals surface area (Å²) in [6.07, 6.45) is 1.60. The number of nitrogens with zero attached hydrogens (tertiary/aromatic N) is 3. The maximum Gasteiger partial charge on any atom is 0.261 e. The number of fused-ring (bicyclic) bond motifs is 1. The van der Waals surface area contributed by atoms with Gasteiger partial charge in [-0.05, 0) is 29.8 Å². The van der Waals surface area contributed by atoms with Gasteiger partial charge in [-0.15, -0.1) is 0 Å². The molecule has 0 saturated carbocycles. The van der Waals surface area contributed by atoms with Crippen LogP contribution in [-0.4, -0.2) is 34.5 Å². The van der Waals surface area contributed by atoms with Crippen LogP contribution in [0.25, 0.3) is 10.9 Å². The maximum absolute atomic E-state index is 13.8. The molecule has 0 unspecified atom stereocenters. The summed E-state index contributed by atoms with van der Waals surface area (Å²) in [4.78, 5) is 30.6. The zero-order valence-corrected chi connectivity index (χ0v) is 15.2. The molecule has 1 amide bonds. The molecule has 1 aromatic heterocycles. The fourth-order valence-corrected chi connectivity index (χ4v) is 2.84. The van der Waals surface area contributed by atoms with Crippen molar-refractivity contribution < 1.29 is 13.9 Å². The minimum atomic E-state index is -0.468. The Morgan fingerprint density at radius 1 is 1.26 bits per heavy atom. The summed E-state index contributed by atoms with van der Waals surface area (Å²) in [5, 5.41) is 0.523. The standard InChI is InChI=1S/C20H20FN3O3/c1-23(12-14-7-8-18(27-2)16(21)11-14)19(25)9-10-24-13-22-17-6-4-3-5-15(17)20(24)26/h3-8,11,13H,9-10,12H2,1-2H3. The van der Waals surface area contributed by atoms with Crippen LogP contribution in [0.3, 0.4) is 0 Å². The van der Waals surface area contributed by atoms with Crippen molar-refractivity contribution in [2.45, 2.75) is 19.5 Å². The Morgan fingerprint density at radius 3 is 2.78 bits per heavy atom. The number of amides is 1. The van der Waals surface area contributed by atoms with Crippen molar-refractivity contribution in [3.63, 3.8) is 0 Å². The van der Waals surface area contributed by atoms with Crippen LogP contribution in [0.5, 0.6) is 5.75 Å². The summed E-state index contributed by atoms with van der Waals surface area (Å²) < 4.78 is 20.1. The number of benzene rings is 2. The SMILES string of the molecule is COc1ccc(CN(C)C(=O)CCn2cnc3ccccc3c2=O)cc1F. The van der Waals surface area contributed by atoms with Crippen molar-refractivity contribution in [1.82, 2.24) is 14.5 Å². The molecule has 0 saturated heterocycles. The summed E-state index contributed by atoms with van der Waals surface area (Å²) in [7, 11) is 3.04. The third-order valence-corrected chi connectivity index (χ3v) is 4.36. The van der Waals surface area contributed by atoms with Gasteiger partial charge in [0, 0.05) is 26.6 Å². The first-order chi connectivity index (χ1) is 13.0. The molecular weight excluding hydrogens is 349 g/mol. The molecule has 0 N–H and O–H groups in total. The van der Waals surface area contributed by atoms with E-state index < -0.39 is 5.82 Å². The largest absolute Gasteiger partial charge is 0.494 e. The van der Waals surface area contributed by atoms with Crippen molar-refractivity contribution in [2.75, 3.05) is 14.2 Å². The van der Waals surface area contributed by atoms with Crippen LogP contribution >= 0.6 is 0 Å². The Hall–Kier alpha value is -3.22. The Bertz CT molecular complexity index is 1030. The highest BCUT2D eigenvalue weighted by Gasteiger charge is 2.12. The van der Waals surface area contributed by atoms with Gasteiger partial charge in [-0.1, -0.05) is 18.2 Å². The van der Waals surface area contributed by atoms with Gasteiger partial charge in [0.05, 0.1) is 24.3 Å². The summed E-state index contributed by atoms with van der Waals surface area (Å²) in [6, 6.07) is 11.7. The normalized spacial score (nSPS) is 10.8. The van der Waals surface area contributed by atoms with Gasteiger partial charge in [-0.2, -0.15) is 0 Å². The smallest absolute Gasteiger partial charge is 0.261 e. The lowest BCUT2D eigenvalue weighted by Crippen LogP contribution is -2.29. The van der Waals surface area contributed by atoms with Crippen molar-refractivity contribution in [1.29, 1.82) is 0 Å². The Morgan fingerprint density at radius 2 is 2.04 bits per heavy atom. The lowest BCUT2D eigenvalue weighted by Gasteiger charge is -2.18. The number of hydrogen-bond donors (Lipinski definition) is 0. The summed E-state index contributed by atoms with van der Waals surface area (Å²) in [5.74, 6) is -0.452. The number of ether oxygens (including phenoxy) is 1. The molecule has 0 spiro atoms. The van der Waals surface area contributed by atoms with Crippen molar-refractivity contribution >= 4 is 16.8 Å². The summed E-state index contributed by atoms with van der Waals surface area (Å²) in [5.41, 5.74) is 1.12. The minimum absolute atomic E-state index is 0.147. The number of carbonyl (C=O) groups is 1. The lowest BCUT2D eigenvalue weighted by molar-refractivity contribution is -0.130. The Balaban J connectivity index is 1.64. The number of methoxy groups -OCH3 is 1. The first kappa shape index (κ1) is 18.6. The third kappa shape index (κ3) is 4.13. The molecule has 0 bridgehead atoms. The average molecular weight is 369 g/mol. The number of aromatic nitrogens is 2. The van der Waals surface area contributed by atoms with Gasteiger partial charge in [0.1, 0.15) is 0 Å². The van der Waals surface area contributed by atoms with Crippen LogP contribution in [0.2, 0.25) is 0 Å². The fourth-order valence-electron chi connectivity index (χ4n) is 2.84. The molecule has 0 aliphatic rings. The molecule has 3 rings (SSSR count). The molecule has 0 atom stereocenters. The number of halogens is 1. The fraction of sp³-hybridized carbons (Fsp3) is 0.250. The van der Waals surface area contributed by atoms with Crippen LogP contribution in [0, 0.1) is 5.82 Å². The maximum atomic E-state index is 13.8. The predicted octanol–water partition coefficient (Wildman–Crippen LogP) is 2.59. The van der Waals surface area contributed by atoms with Crippen molar-refractivity contribution in [2.24, 2.45) is 0 Å². The topological polar surface area (TPSA) is 64.4 Å². The van der Waals surface area contributed by atoms with E-state index in [1.807, 2.05) is 6.07 Å². The molecule has 0 aliphatic heterocycles. The Labute approximate surface area is 155 Å². The Kier molecular flexibility index (Phi) is 5.49.